The molecule has 0 saturated carbocycles. The molecule has 3 N–H and O–H groups in total. The van der Waals surface area contributed by atoms with Crippen molar-refractivity contribution in [2.75, 3.05) is 0 Å². The van der Waals surface area contributed by atoms with Crippen LogP contribution >= 0.6 is 0 Å². The summed E-state index contributed by atoms with van der Waals surface area (Å²) in [4.78, 5) is 3.95. The van der Waals surface area contributed by atoms with Crippen molar-refractivity contribution in [1.82, 2.24) is 4.98 Å². The van der Waals surface area contributed by atoms with E-state index in [1.807, 2.05) is 0 Å². The summed E-state index contributed by atoms with van der Waals surface area (Å²) in [7, 11) is 0. The maximum Gasteiger partial charge on any atom is 0.230 e. The van der Waals surface area contributed by atoms with E-state index in [0.29, 0.717) is 11.1 Å². The molecule has 0 spiro atoms. The zero-order valence-corrected chi connectivity index (χ0v) is 10.1. The molecule has 0 aliphatic heterocycles. The second-order valence-corrected chi connectivity index (χ2v) is 3.90. The number of ether oxygens (including phenoxy) is 1. The van der Waals surface area contributed by atoms with Gasteiger partial charge in [0.25, 0.3) is 0 Å². The van der Waals surface area contributed by atoms with E-state index in [2.05, 4.69) is 4.98 Å². The summed E-state index contributed by atoms with van der Waals surface area (Å²) in [6, 6.07) is 4.80. The van der Waals surface area contributed by atoms with Crippen LogP contribution in [-0.4, -0.2) is 10.8 Å². The molecule has 19 heavy (non-hydrogen) atoms. The zero-order chi connectivity index (χ0) is 14.0. The van der Waals surface area contributed by atoms with Gasteiger partial charge < -0.3 is 10.5 Å². The highest BCUT2D eigenvalue weighted by atomic mass is 19.2. The fourth-order valence-corrected chi connectivity index (χ4v) is 1.59. The van der Waals surface area contributed by atoms with Crippen LogP contribution in [0, 0.1) is 24.0 Å². The molecular formula is C13H11F2N3O. The van der Waals surface area contributed by atoms with Crippen LogP contribution < -0.4 is 10.5 Å². The van der Waals surface area contributed by atoms with E-state index < -0.39 is 11.6 Å². The first kappa shape index (κ1) is 12.9. The molecule has 2 aromatic rings. The van der Waals surface area contributed by atoms with Gasteiger partial charge in [-0.05, 0) is 30.7 Å². The Balaban J connectivity index is 2.40. The molecule has 98 valence electrons. The van der Waals surface area contributed by atoms with E-state index in [4.69, 9.17) is 15.9 Å². The van der Waals surface area contributed by atoms with Crippen molar-refractivity contribution >= 4 is 5.84 Å². The fraction of sp³-hybridized carbons (Fsp3) is 0.0769. The van der Waals surface area contributed by atoms with Crippen LogP contribution in [0.15, 0.2) is 30.5 Å². The lowest BCUT2D eigenvalue weighted by Crippen LogP contribution is -2.14. The van der Waals surface area contributed by atoms with Crippen molar-refractivity contribution in [2.24, 2.45) is 5.73 Å². The minimum Gasteiger partial charge on any atom is -0.438 e. The SMILES string of the molecule is Cc1ccnc(Oc2ccc(F)c(F)c2)c1C(=N)N. The van der Waals surface area contributed by atoms with Gasteiger partial charge in [-0.1, -0.05) is 0 Å². The molecule has 0 aliphatic carbocycles. The van der Waals surface area contributed by atoms with Gasteiger partial charge in [-0.2, -0.15) is 0 Å². The van der Waals surface area contributed by atoms with Gasteiger partial charge in [0.15, 0.2) is 11.6 Å². The van der Waals surface area contributed by atoms with Gasteiger partial charge in [-0.25, -0.2) is 13.8 Å². The van der Waals surface area contributed by atoms with E-state index in [1.54, 1.807) is 13.0 Å². The number of aryl methyl sites for hydroxylation is 1. The van der Waals surface area contributed by atoms with Crippen LogP contribution in [0.2, 0.25) is 0 Å². The fourth-order valence-electron chi connectivity index (χ4n) is 1.59. The van der Waals surface area contributed by atoms with E-state index in [9.17, 15) is 8.78 Å². The summed E-state index contributed by atoms with van der Waals surface area (Å²) in [5.41, 5.74) is 6.49. The van der Waals surface area contributed by atoms with Gasteiger partial charge in [-0.15, -0.1) is 0 Å². The number of hydrogen-bond acceptors (Lipinski definition) is 3. The van der Waals surface area contributed by atoms with Crippen molar-refractivity contribution in [3.05, 3.63) is 53.2 Å². The molecule has 0 atom stereocenters. The monoisotopic (exact) mass is 263 g/mol. The molecular weight excluding hydrogens is 252 g/mol. The number of halogens is 2. The molecule has 0 saturated heterocycles. The standard InChI is InChI=1S/C13H11F2N3O/c1-7-4-5-18-13(11(7)12(16)17)19-8-2-3-9(14)10(15)6-8/h2-6H,1H3,(H3,16,17). The largest absolute Gasteiger partial charge is 0.438 e. The normalized spacial score (nSPS) is 10.3. The van der Waals surface area contributed by atoms with Crippen molar-refractivity contribution < 1.29 is 13.5 Å². The van der Waals surface area contributed by atoms with Crippen LogP contribution in [0.1, 0.15) is 11.1 Å². The van der Waals surface area contributed by atoms with Crippen LogP contribution in [0.5, 0.6) is 11.6 Å². The highest BCUT2D eigenvalue weighted by Crippen LogP contribution is 2.25. The van der Waals surface area contributed by atoms with Crippen molar-refractivity contribution in [3.8, 4) is 11.6 Å². The lowest BCUT2D eigenvalue weighted by molar-refractivity contribution is 0.446. The van der Waals surface area contributed by atoms with Crippen LogP contribution in [-0.2, 0) is 0 Å². The van der Waals surface area contributed by atoms with Crippen molar-refractivity contribution in [1.29, 1.82) is 5.41 Å². The summed E-state index contributed by atoms with van der Waals surface area (Å²) in [5.74, 6) is -2.02. The first-order valence-electron chi connectivity index (χ1n) is 5.42. The summed E-state index contributed by atoms with van der Waals surface area (Å²) in [6.07, 6.45) is 1.48. The van der Waals surface area contributed by atoms with Crippen molar-refractivity contribution in [3.63, 3.8) is 0 Å². The zero-order valence-electron chi connectivity index (χ0n) is 10.1. The van der Waals surface area contributed by atoms with Crippen LogP contribution in [0.25, 0.3) is 0 Å². The first-order chi connectivity index (χ1) is 8.99. The third-order valence-corrected chi connectivity index (χ3v) is 2.50. The van der Waals surface area contributed by atoms with E-state index in [0.717, 1.165) is 12.1 Å². The smallest absolute Gasteiger partial charge is 0.230 e. The van der Waals surface area contributed by atoms with Gasteiger partial charge in [-0.3, -0.25) is 5.41 Å². The summed E-state index contributed by atoms with van der Waals surface area (Å²) in [5, 5.41) is 7.48. The molecule has 1 heterocycles. The number of pyridine rings is 1. The maximum atomic E-state index is 13.1. The van der Waals surface area contributed by atoms with Crippen LogP contribution in [0.3, 0.4) is 0 Å². The summed E-state index contributed by atoms with van der Waals surface area (Å²) >= 11 is 0. The Morgan fingerprint density at radius 2 is 2.00 bits per heavy atom. The minimum absolute atomic E-state index is 0.0820. The summed E-state index contributed by atoms with van der Waals surface area (Å²) < 4.78 is 31.2. The van der Waals surface area contributed by atoms with E-state index in [-0.39, 0.29) is 17.5 Å². The van der Waals surface area contributed by atoms with Gasteiger partial charge in [0.1, 0.15) is 11.6 Å². The van der Waals surface area contributed by atoms with Gasteiger partial charge in [0.2, 0.25) is 5.88 Å². The Kier molecular flexibility index (Phi) is 3.41. The Morgan fingerprint density at radius 3 is 2.63 bits per heavy atom. The predicted octanol–water partition coefficient (Wildman–Crippen LogP) is 2.74. The third-order valence-electron chi connectivity index (χ3n) is 2.50. The molecule has 4 nitrogen and oxygen atoms in total. The Bertz CT molecular complexity index is 644. The predicted molar refractivity (Wildman–Crippen MR) is 66.4 cm³/mol. The molecule has 0 aliphatic rings. The van der Waals surface area contributed by atoms with Gasteiger partial charge >= 0.3 is 0 Å². The minimum atomic E-state index is -1.02. The second kappa shape index (κ2) is 5.01. The van der Waals surface area contributed by atoms with E-state index in [1.165, 1.54) is 12.3 Å². The highest BCUT2D eigenvalue weighted by molar-refractivity contribution is 5.98. The number of amidine groups is 1. The number of nitrogen functional groups attached to an aromatic ring is 1. The lowest BCUT2D eigenvalue weighted by atomic mass is 10.1. The Morgan fingerprint density at radius 1 is 1.26 bits per heavy atom. The molecule has 0 fully saturated rings. The Labute approximate surface area is 108 Å². The number of nitrogens with one attached hydrogen (secondary N) is 1. The van der Waals surface area contributed by atoms with Gasteiger partial charge in [0, 0.05) is 12.3 Å². The number of nitrogens with zero attached hydrogens (tertiary/aromatic N) is 1. The number of hydrogen-bond donors (Lipinski definition) is 2. The number of rotatable bonds is 3. The maximum absolute atomic E-state index is 13.1. The third kappa shape index (κ3) is 2.67. The van der Waals surface area contributed by atoms with Crippen molar-refractivity contribution in [2.45, 2.75) is 6.92 Å². The quantitative estimate of drug-likeness (QED) is 0.660. The molecule has 0 amide bonds. The Hall–Kier alpha value is -2.50. The lowest BCUT2D eigenvalue weighted by Gasteiger charge is -2.11. The number of aromatic nitrogens is 1. The number of nitrogens with two attached hydrogens (primary N) is 1. The van der Waals surface area contributed by atoms with E-state index >= 15 is 0 Å². The highest BCUT2D eigenvalue weighted by Gasteiger charge is 2.13. The number of benzene rings is 1. The average molecular weight is 263 g/mol. The van der Waals surface area contributed by atoms with Crippen LogP contribution in [0.4, 0.5) is 8.78 Å². The van der Waals surface area contributed by atoms with Gasteiger partial charge in [0.05, 0.1) is 5.56 Å². The summed E-state index contributed by atoms with van der Waals surface area (Å²) in [6.45, 7) is 1.75. The molecule has 0 bridgehead atoms. The molecule has 1 aromatic carbocycles. The molecule has 6 heteroatoms. The first-order valence-corrected chi connectivity index (χ1v) is 5.42. The molecule has 0 unspecified atom stereocenters. The molecule has 0 radical (unpaired) electrons. The second-order valence-electron chi connectivity index (χ2n) is 3.90. The topological polar surface area (TPSA) is 72.0 Å². The molecule has 2 rings (SSSR count). The average Bonchev–Trinajstić information content (AvgIpc) is 2.33. The molecule has 1 aromatic heterocycles.